The predicted octanol–water partition coefficient (Wildman–Crippen LogP) is 2.14. The Morgan fingerprint density at radius 2 is 1.75 bits per heavy atom. The van der Waals surface area contributed by atoms with Crippen molar-refractivity contribution in [3.63, 3.8) is 0 Å². The molecule has 0 spiro atoms. The molecule has 20 heavy (non-hydrogen) atoms. The molecular weight excluding hydrogens is 299 g/mol. The van der Waals surface area contributed by atoms with Crippen molar-refractivity contribution in [2.75, 3.05) is 0 Å². The average molecular weight is 308 g/mol. The summed E-state index contributed by atoms with van der Waals surface area (Å²) in [6.45, 7) is 0. The maximum atomic E-state index is 12.0. The standard InChI is InChI=1S/C13H8Cl2N4O/c14-9-3-1-5-11(7-9)18-13(20)16-19(17-18)12-6-2-4-10(15)8-12/h1-8H/p+1. The third-order valence-corrected chi connectivity index (χ3v) is 3.15. The van der Waals surface area contributed by atoms with Gasteiger partial charge in [0.05, 0.1) is 0 Å². The van der Waals surface area contributed by atoms with Crippen molar-refractivity contribution in [2.45, 2.75) is 0 Å². The van der Waals surface area contributed by atoms with Crippen molar-refractivity contribution in [1.29, 1.82) is 0 Å². The van der Waals surface area contributed by atoms with E-state index in [0.29, 0.717) is 21.4 Å². The fourth-order valence-corrected chi connectivity index (χ4v) is 2.16. The van der Waals surface area contributed by atoms with Gasteiger partial charge in [0, 0.05) is 22.2 Å². The predicted molar refractivity (Wildman–Crippen MR) is 75.7 cm³/mol. The van der Waals surface area contributed by atoms with E-state index in [1.54, 1.807) is 48.5 Å². The number of hydrogen-bond acceptors (Lipinski definition) is 2. The molecule has 2 aromatic carbocycles. The summed E-state index contributed by atoms with van der Waals surface area (Å²) >= 11 is 11.8. The molecule has 1 aromatic heterocycles. The van der Waals surface area contributed by atoms with Gasteiger partial charge in [0.2, 0.25) is 0 Å². The number of aromatic nitrogens is 4. The molecule has 5 nitrogen and oxygen atoms in total. The van der Waals surface area contributed by atoms with Crippen molar-refractivity contribution >= 4 is 23.2 Å². The van der Waals surface area contributed by atoms with Gasteiger partial charge in [-0.25, -0.2) is 4.79 Å². The van der Waals surface area contributed by atoms with Crippen LogP contribution in [0.5, 0.6) is 0 Å². The molecule has 1 heterocycles. The molecule has 1 N–H and O–H groups in total. The zero-order valence-electron chi connectivity index (χ0n) is 10.1. The summed E-state index contributed by atoms with van der Waals surface area (Å²) in [4.78, 5) is 13.3. The van der Waals surface area contributed by atoms with E-state index in [-0.39, 0.29) is 5.69 Å². The van der Waals surface area contributed by atoms with Crippen LogP contribution in [-0.4, -0.2) is 15.0 Å². The molecule has 0 radical (unpaired) electrons. The maximum Gasteiger partial charge on any atom is 0.471 e. The van der Waals surface area contributed by atoms with Gasteiger partial charge in [-0.15, -0.1) is 5.10 Å². The van der Waals surface area contributed by atoms with Crippen LogP contribution in [0.3, 0.4) is 0 Å². The topological polar surface area (TPSA) is 54.6 Å². The van der Waals surface area contributed by atoms with E-state index in [1.165, 1.54) is 9.48 Å². The Hall–Kier alpha value is -2.11. The summed E-state index contributed by atoms with van der Waals surface area (Å²) in [6.07, 6.45) is 0. The van der Waals surface area contributed by atoms with Crippen LogP contribution in [0.2, 0.25) is 10.0 Å². The Morgan fingerprint density at radius 1 is 1.05 bits per heavy atom. The van der Waals surface area contributed by atoms with E-state index >= 15 is 0 Å². The first-order chi connectivity index (χ1) is 9.63. The smallest absolute Gasteiger partial charge is 0.214 e. The summed E-state index contributed by atoms with van der Waals surface area (Å²) < 4.78 is 1.23. The van der Waals surface area contributed by atoms with Gasteiger partial charge in [0.15, 0.2) is 11.4 Å². The lowest BCUT2D eigenvalue weighted by Gasteiger charge is -1.93. The Kier molecular flexibility index (Phi) is 3.30. The van der Waals surface area contributed by atoms with Gasteiger partial charge in [-0.3, -0.25) is 0 Å². The highest BCUT2D eigenvalue weighted by atomic mass is 35.5. The SMILES string of the molecule is O=c1[nH][n+](-c2cccc(Cl)c2)nn1-c1cccc(Cl)c1. The van der Waals surface area contributed by atoms with Crippen molar-refractivity contribution in [2.24, 2.45) is 0 Å². The molecule has 0 amide bonds. The van der Waals surface area contributed by atoms with E-state index in [1.807, 2.05) is 0 Å². The molecule has 3 rings (SSSR count). The second-order valence-corrected chi connectivity index (χ2v) is 4.96. The molecule has 0 aliphatic carbocycles. The summed E-state index contributed by atoms with van der Waals surface area (Å²) in [7, 11) is 0. The zero-order valence-corrected chi connectivity index (χ0v) is 11.6. The Bertz CT molecular complexity index is 825. The first kappa shape index (κ1) is 12.9. The Labute approximate surface area is 124 Å². The zero-order chi connectivity index (χ0) is 14.1. The quantitative estimate of drug-likeness (QED) is 0.738. The highest BCUT2D eigenvalue weighted by Gasteiger charge is 2.17. The van der Waals surface area contributed by atoms with Crippen LogP contribution in [0, 0.1) is 0 Å². The van der Waals surface area contributed by atoms with Crippen LogP contribution in [0.4, 0.5) is 0 Å². The molecule has 0 bridgehead atoms. The van der Waals surface area contributed by atoms with Crippen molar-refractivity contribution in [3.05, 3.63) is 69.1 Å². The molecule has 0 fully saturated rings. The number of hydrogen-bond donors (Lipinski definition) is 1. The molecule has 3 aromatic rings. The van der Waals surface area contributed by atoms with Crippen LogP contribution in [-0.2, 0) is 0 Å². The van der Waals surface area contributed by atoms with E-state index < -0.39 is 0 Å². The molecule has 0 aliphatic heterocycles. The highest BCUT2D eigenvalue weighted by molar-refractivity contribution is 6.31. The lowest BCUT2D eigenvalue weighted by Crippen LogP contribution is -2.37. The Balaban J connectivity index is 2.10. The van der Waals surface area contributed by atoms with Crippen LogP contribution in [0.25, 0.3) is 11.4 Å². The third kappa shape index (κ3) is 2.45. The van der Waals surface area contributed by atoms with Gasteiger partial charge in [-0.05, 0) is 33.7 Å². The summed E-state index contributed by atoms with van der Waals surface area (Å²) in [5, 5.41) is 7.89. The molecule has 7 heteroatoms. The minimum atomic E-state index is -0.368. The highest BCUT2D eigenvalue weighted by Crippen LogP contribution is 2.12. The van der Waals surface area contributed by atoms with E-state index in [2.05, 4.69) is 10.3 Å². The molecule has 0 atom stereocenters. The molecule has 0 saturated heterocycles. The number of halogens is 2. The molecule has 100 valence electrons. The number of H-pyrrole nitrogens is 1. The van der Waals surface area contributed by atoms with Crippen LogP contribution < -0.4 is 10.5 Å². The first-order valence-electron chi connectivity index (χ1n) is 5.77. The van der Waals surface area contributed by atoms with Gasteiger partial charge in [-0.2, -0.15) is 0 Å². The van der Waals surface area contributed by atoms with Crippen LogP contribution >= 0.6 is 23.2 Å². The van der Waals surface area contributed by atoms with Crippen molar-refractivity contribution < 1.29 is 4.80 Å². The van der Waals surface area contributed by atoms with Crippen LogP contribution in [0.1, 0.15) is 0 Å². The van der Waals surface area contributed by atoms with E-state index in [0.717, 1.165) is 0 Å². The summed E-state index contributed by atoms with van der Waals surface area (Å²) in [5.41, 5.74) is 0.877. The number of tetrazole rings is 1. The summed E-state index contributed by atoms with van der Waals surface area (Å²) in [6, 6.07) is 13.9. The average Bonchev–Trinajstić information content (AvgIpc) is 2.81. The second kappa shape index (κ2) is 5.11. The van der Waals surface area contributed by atoms with Gasteiger partial charge >= 0.3 is 5.69 Å². The minimum Gasteiger partial charge on any atom is -0.214 e. The van der Waals surface area contributed by atoms with E-state index in [4.69, 9.17) is 23.2 Å². The Morgan fingerprint density at radius 3 is 2.45 bits per heavy atom. The number of nitrogens with one attached hydrogen (secondary N) is 1. The van der Waals surface area contributed by atoms with Crippen molar-refractivity contribution in [1.82, 2.24) is 15.0 Å². The minimum absolute atomic E-state index is 0.368. The van der Waals surface area contributed by atoms with Gasteiger partial charge < -0.3 is 0 Å². The third-order valence-electron chi connectivity index (χ3n) is 2.68. The fraction of sp³-hybridized carbons (Fsp3) is 0. The molecular formula is C13H9Cl2N4O+. The number of nitrogens with zero attached hydrogens (tertiary/aromatic N) is 3. The molecule has 0 saturated carbocycles. The van der Waals surface area contributed by atoms with Gasteiger partial charge in [0.1, 0.15) is 5.21 Å². The summed E-state index contributed by atoms with van der Waals surface area (Å²) in [5.74, 6) is 0. The fourth-order valence-electron chi connectivity index (χ4n) is 1.79. The number of aromatic amines is 1. The lowest BCUT2D eigenvalue weighted by atomic mass is 10.3. The largest absolute Gasteiger partial charge is 0.471 e. The monoisotopic (exact) mass is 307 g/mol. The van der Waals surface area contributed by atoms with Gasteiger partial charge in [0.25, 0.3) is 0 Å². The maximum absolute atomic E-state index is 12.0. The number of rotatable bonds is 2. The van der Waals surface area contributed by atoms with Crippen LogP contribution in [0.15, 0.2) is 53.3 Å². The lowest BCUT2D eigenvalue weighted by molar-refractivity contribution is -0.718. The normalized spacial score (nSPS) is 10.7. The molecule has 0 unspecified atom stereocenters. The first-order valence-corrected chi connectivity index (χ1v) is 6.53. The van der Waals surface area contributed by atoms with E-state index in [9.17, 15) is 4.79 Å². The molecule has 0 aliphatic rings. The second-order valence-electron chi connectivity index (χ2n) is 4.09. The van der Waals surface area contributed by atoms with Crippen molar-refractivity contribution in [3.8, 4) is 11.4 Å². The van der Waals surface area contributed by atoms with Gasteiger partial charge in [-0.1, -0.05) is 35.3 Å². The number of benzene rings is 2.